The maximum absolute atomic E-state index is 13.5. The maximum atomic E-state index is 13.5. The molecule has 32 heavy (non-hydrogen) atoms. The van der Waals surface area contributed by atoms with Crippen LogP contribution in [0.1, 0.15) is 43.5 Å². The summed E-state index contributed by atoms with van der Waals surface area (Å²) in [5.41, 5.74) is 1.07. The van der Waals surface area contributed by atoms with Gasteiger partial charge in [-0.2, -0.15) is 0 Å². The molecule has 2 saturated carbocycles. The van der Waals surface area contributed by atoms with E-state index in [9.17, 15) is 13.2 Å². The Hall–Kier alpha value is -2.80. The number of hydrogen-bond donors (Lipinski definition) is 2. The van der Waals surface area contributed by atoms with Crippen LogP contribution in [0.25, 0.3) is 10.8 Å². The Bertz CT molecular complexity index is 1280. The molecule has 2 N–H and O–H groups in total. The van der Waals surface area contributed by atoms with E-state index < -0.39 is 10.0 Å². The predicted molar refractivity (Wildman–Crippen MR) is 126 cm³/mol. The van der Waals surface area contributed by atoms with E-state index in [2.05, 4.69) is 24.5 Å². The van der Waals surface area contributed by atoms with Crippen LogP contribution in [0.4, 0.5) is 5.69 Å². The fraction of sp³-hybridized carbons (Fsp3) is 0.400. The van der Waals surface area contributed by atoms with Crippen LogP contribution < -0.4 is 10.6 Å². The van der Waals surface area contributed by atoms with Gasteiger partial charge < -0.3 is 10.6 Å². The number of aromatic nitrogens is 1. The van der Waals surface area contributed by atoms with Crippen molar-refractivity contribution in [1.29, 1.82) is 0 Å². The van der Waals surface area contributed by atoms with E-state index in [0.29, 0.717) is 23.1 Å². The lowest BCUT2D eigenvalue weighted by Crippen LogP contribution is -2.40. The van der Waals surface area contributed by atoms with Gasteiger partial charge in [0, 0.05) is 41.8 Å². The van der Waals surface area contributed by atoms with Crippen LogP contribution >= 0.6 is 0 Å². The van der Waals surface area contributed by atoms with Crippen molar-refractivity contribution in [3.05, 3.63) is 60.4 Å². The molecule has 2 aliphatic carbocycles. The molecule has 0 radical (unpaired) electrons. The monoisotopic (exact) mass is 451 g/mol. The van der Waals surface area contributed by atoms with Crippen LogP contribution in [0.15, 0.2) is 59.8 Å². The second kappa shape index (κ2) is 7.37. The third-order valence-electron chi connectivity index (χ3n) is 7.77. The van der Waals surface area contributed by atoms with Crippen molar-refractivity contribution in [2.45, 2.75) is 44.0 Å². The molecule has 5 rings (SSSR count). The first-order chi connectivity index (χ1) is 15.2. The first-order valence-corrected chi connectivity index (χ1v) is 12.6. The Morgan fingerprint density at radius 2 is 1.75 bits per heavy atom. The molecule has 3 aromatic rings. The second-order valence-electron chi connectivity index (χ2n) is 9.70. The van der Waals surface area contributed by atoms with Gasteiger partial charge in [0.05, 0.1) is 5.69 Å². The number of amides is 1. The van der Waals surface area contributed by atoms with Crippen molar-refractivity contribution in [3.63, 3.8) is 0 Å². The minimum Gasteiger partial charge on any atom is -0.387 e. The van der Waals surface area contributed by atoms with Gasteiger partial charge in [-0.25, -0.2) is 12.4 Å². The molecule has 2 fully saturated rings. The van der Waals surface area contributed by atoms with E-state index >= 15 is 0 Å². The topological polar surface area (TPSA) is 80.2 Å². The fourth-order valence-corrected chi connectivity index (χ4v) is 7.30. The summed E-state index contributed by atoms with van der Waals surface area (Å²) in [6.45, 7) is 4.60. The second-order valence-corrected chi connectivity index (χ2v) is 11.5. The van der Waals surface area contributed by atoms with E-state index in [1.54, 1.807) is 31.6 Å². The molecule has 2 bridgehead atoms. The first-order valence-electron chi connectivity index (χ1n) is 11.2. The number of carbonyl (C=O) groups is 1. The molecule has 1 aromatic heterocycles. The minimum absolute atomic E-state index is 0.0845. The van der Waals surface area contributed by atoms with Gasteiger partial charge in [-0.3, -0.25) is 4.79 Å². The lowest BCUT2D eigenvalue weighted by Gasteiger charge is -2.27. The summed E-state index contributed by atoms with van der Waals surface area (Å²) in [6, 6.07) is 12.5. The van der Waals surface area contributed by atoms with Gasteiger partial charge in [0.2, 0.25) is 0 Å². The van der Waals surface area contributed by atoms with Crippen LogP contribution in [0.2, 0.25) is 0 Å². The van der Waals surface area contributed by atoms with Gasteiger partial charge in [-0.05, 0) is 54.7 Å². The van der Waals surface area contributed by atoms with Gasteiger partial charge in [0.1, 0.15) is 4.90 Å². The zero-order chi connectivity index (χ0) is 22.7. The predicted octanol–water partition coefficient (Wildman–Crippen LogP) is 4.47. The number of anilines is 1. The number of fused-ring (bicyclic) bond motifs is 3. The van der Waals surface area contributed by atoms with Gasteiger partial charge in [-0.1, -0.05) is 38.1 Å². The summed E-state index contributed by atoms with van der Waals surface area (Å²) in [5, 5.41) is 7.84. The highest BCUT2D eigenvalue weighted by Crippen LogP contribution is 2.57. The number of benzene rings is 2. The number of rotatable bonds is 5. The van der Waals surface area contributed by atoms with Crippen LogP contribution in [-0.4, -0.2) is 31.4 Å². The fourth-order valence-electron chi connectivity index (χ4n) is 5.84. The number of carbonyl (C=O) groups excluding carboxylic acids is 1. The maximum Gasteiger partial charge on any atom is 0.269 e. The lowest BCUT2D eigenvalue weighted by molar-refractivity contribution is 0.0917. The van der Waals surface area contributed by atoms with E-state index in [-0.39, 0.29) is 22.3 Å². The highest BCUT2D eigenvalue weighted by Gasteiger charge is 2.53. The minimum atomic E-state index is -3.88. The van der Waals surface area contributed by atoms with Crippen molar-refractivity contribution >= 4 is 32.4 Å². The van der Waals surface area contributed by atoms with Crippen molar-refractivity contribution in [1.82, 2.24) is 9.29 Å². The number of nitrogens with one attached hydrogen (secondary N) is 2. The average Bonchev–Trinajstić information content (AvgIpc) is 3.41. The molecule has 1 heterocycles. The normalized spacial score (nSPS) is 24.0. The van der Waals surface area contributed by atoms with E-state index in [1.165, 1.54) is 16.5 Å². The molecule has 3 atom stereocenters. The molecule has 0 aliphatic heterocycles. The molecular weight excluding hydrogens is 422 g/mol. The smallest absolute Gasteiger partial charge is 0.269 e. The quantitative estimate of drug-likeness (QED) is 0.600. The summed E-state index contributed by atoms with van der Waals surface area (Å²) in [6.07, 6.45) is 6.58. The van der Waals surface area contributed by atoms with E-state index in [1.807, 2.05) is 24.3 Å². The number of hydrogen-bond acceptors (Lipinski definition) is 4. The molecule has 7 heteroatoms. The lowest BCUT2D eigenvalue weighted by atomic mass is 9.81. The highest BCUT2D eigenvalue weighted by atomic mass is 32.2. The Balaban J connectivity index is 1.47. The first kappa shape index (κ1) is 21.1. The van der Waals surface area contributed by atoms with Gasteiger partial charge >= 0.3 is 0 Å². The molecule has 0 unspecified atom stereocenters. The van der Waals surface area contributed by atoms with E-state index in [0.717, 1.165) is 23.6 Å². The average molecular weight is 452 g/mol. The van der Waals surface area contributed by atoms with Gasteiger partial charge in [0.15, 0.2) is 0 Å². The highest BCUT2D eigenvalue weighted by molar-refractivity contribution is 7.90. The largest absolute Gasteiger partial charge is 0.387 e. The summed E-state index contributed by atoms with van der Waals surface area (Å²) >= 11 is 0. The summed E-state index contributed by atoms with van der Waals surface area (Å²) < 4.78 is 28.2. The van der Waals surface area contributed by atoms with Crippen LogP contribution in [0.5, 0.6) is 0 Å². The zero-order valence-corrected chi connectivity index (χ0v) is 19.4. The third kappa shape index (κ3) is 3.22. The van der Waals surface area contributed by atoms with E-state index in [4.69, 9.17) is 0 Å². The molecule has 2 aromatic carbocycles. The zero-order valence-electron chi connectivity index (χ0n) is 18.6. The summed E-state index contributed by atoms with van der Waals surface area (Å²) in [7, 11) is -2.20. The van der Waals surface area contributed by atoms with Crippen molar-refractivity contribution in [3.8, 4) is 0 Å². The number of nitrogens with zero attached hydrogens (tertiary/aromatic N) is 1. The van der Waals surface area contributed by atoms with Gasteiger partial charge in [0.25, 0.3) is 15.9 Å². The Morgan fingerprint density at radius 1 is 1.06 bits per heavy atom. The van der Waals surface area contributed by atoms with Crippen molar-refractivity contribution < 1.29 is 13.2 Å². The molecule has 2 aliphatic rings. The third-order valence-corrected chi connectivity index (χ3v) is 9.43. The SMILES string of the molecule is CNc1ccc(C(=O)N[C@H]2C[C@H]3CC[C@@H]2C3(C)C)cc1S(=O)(=O)n1cc2ccccc2c1. The molecule has 6 nitrogen and oxygen atoms in total. The molecule has 0 spiro atoms. The Morgan fingerprint density at radius 3 is 2.31 bits per heavy atom. The summed E-state index contributed by atoms with van der Waals surface area (Å²) in [4.78, 5) is 13.2. The molecule has 1 amide bonds. The molecule has 0 saturated heterocycles. The molecule has 168 valence electrons. The Kier molecular flexibility index (Phi) is 4.85. The summed E-state index contributed by atoms with van der Waals surface area (Å²) in [5.74, 6) is 0.905. The van der Waals surface area contributed by atoms with Crippen LogP contribution in [-0.2, 0) is 10.0 Å². The van der Waals surface area contributed by atoms with Crippen molar-refractivity contribution in [2.24, 2.45) is 17.3 Å². The van der Waals surface area contributed by atoms with Crippen LogP contribution in [0, 0.1) is 17.3 Å². The van der Waals surface area contributed by atoms with Crippen molar-refractivity contribution in [2.75, 3.05) is 12.4 Å². The van der Waals surface area contributed by atoms with Crippen LogP contribution in [0.3, 0.4) is 0 Å². The standard InChI is InChI=1S/C25H29N3O3S/c1-25(2)19-9-10-20(25)22(13-19)27-24(29)16-8-11-21(26-3)23(12-16)32(30,31)28-14-17-6-4-5-7-18(17)15-28/h4-8,11-12,14-15,19-20,22,26H,9-10,13H2,1-3H3,(H,27,29)/t19-,20+,22+/m1/s1. The Labute approximate surface area is 189 Å². The molecular formula is C25H29N3O3S. The van der Waals surface area contributed by atoms with Gasteiger partial charge in [-0.15, -0.1) is 0 Å².